The number of ether oxygens (including phenoxy) is 1. The molecule has 1 aliphatic heterocycles. The van der Waals surface area contributed by atoms with Gasteiger partial charge in [-0.3, -0.25) is 0 Å². The molecule has 2 atom stereocenters. The number of rotatable bonds is 4. The average molecular weight is 340 g/mol. The van der Waals surface area contributed by atoms with Gasteiger partial charge in [0.05, 0.1) is 6.10 Å². The van der Waals surface area contributed by atoms with E-state index in [1.807, 2.05) is 0 Å². The van der Waals surface area contributed by atoms with E-state index in [9.17, 15) is 0 Å². The van der Waals surface area contributed by atoms with Gasteiger partial charge in [0.1, 0.15) is 0 Å². The second-order valence-corrected chi connectivity index (χ2v) is 7.95. The van der Waals surface area contributed by atoms with Crippen LogP contribution >= 0.6 is 15.9 Å². The zero-order valence-electron chi connectivity index (χ0n) is 13.0. The van der Waals surface area contributed by atoms with E-state index in [0.717, 1.165) is 30.5 Å². The summed E-state index contributed by atoms with van der Waals surface area (Å²) in [5.41, 5.74) is 1.73. The summed E-state index contributed by atoms with van der Waals surface area (Å²) in [5.74, 6) is 0. The van der Waals surface area contributed by atoms with Gasteiger partial charge in [-0.1, -0.05) is 28.1 Å². The van der Waals surface area contributed by atoms with Gasteiger partial charge in [0.25, 0.3) is 0 Å². The standard InChI is InChI=1S/C17H26BrNO/c1-13-17(8-9-20-13,12-19-16(2,3)4)11-14-6-5-7-15(18)10-14/h5-7,10,13,19H,8-9,11-12H2,1-4H3. The average Bonchev–Trinajstić information content (AvgIpc) is 2.68. The summed E-state index contributed by atoms with van der Waals surface area (Å²) in [5, 5.41) is 3.68. The molecule has 0 radical (unpaired) electrons. The molecule has 1 fully saturated rings. The third kappa shape index (κ3) is 4.06. The molecule has 0 amide bonds. The molecule has 1 N–H and O–H groups in total. The highest BCUT2D eigenvalue weighted by Gasteiger charge is 2.41. The van der Waals surface area contributed by atoms with Crippen molar-refractivity contribution in [2.24, 2.45) is 5.41 Å². The van der Waals surface area contributed by atoms with Crippen LogP contribution in [0.15, 0.2) is 28.7 Å². The SMILES string of the molecule is CC1OCCC1(CNC(C)(C)C)Cc1cccc(Br)c1. The zero-order chi connectivity index (χ0) is 14.8. The van der Waals surface area contributed by atoms with Gasteiger partial charge in [-0.25, -0.2) is 0 Å². The van der Waals surface area contributed by atoms with Crippen molar-refractivity contribution in [3.05, 3.63) is 34.3 Å². The van der Waals surface area contributed by atoms with Crippen LogP contribution in [0.1, 0.15) is 39.7 Å². The van der Waals surface area contributed by atoms with Gasteiger partial charge in [-0.05, 0) is 58.2 Å². The predicted molar refractivity (Wildman–Crippen MR) is 88.1 cm³/mol. The highest BCUT2D eigenvalue weighted by molar-refractivity contribution is 9.10. The first-order valence-corrected chi connectivity index (χ1v) is 8.21. The largest absolute Gasteiger partial charge is 0.378 e. The van der Waals surface area contributed by atoms with Crippen molar-refractivity contribution in [2.75, 3.05) is 13.2 Å². The molecule has 1 aliphatic rings. The van der Waals surface area contributed by atoms with Gasteiger partial charge in [0.15, 0.2) is 0 Å². The first kappa shape index (κ1) is 16.0. The van der Waals surface area contributed by atoms with E-state index in [-0.39, 0.29) is 11.0 Å². The van der Waals surface area contributed by atoms with E-state index in [4.69, 9.17) is 4.74 Å². The number of hydrogen-bond acceptors (Lipinski definition) is 2. The van der Waals surface area contributed by atoms with Crippen LogP contribution < -0.4 is 5.32 Å². The van der Waals surface area contributed by atoms with Crippen LogP contribution in [0.3, 0.4) is 0 Å². The first-order chi connectivity index (χ1) is 9.31. The lowest BCUT2D eigenvalue weighted by Gasteiger charge is -2.36. The molecule has 0 aliphatic carbocycles. The Hall–Kier alpha value is -0.380. The highest BCUT2D eigenvalue weighted by atomic mass is 79.9. The Morgan fingerprint density at radius 3 is 2.70 bits per heavy atom. The quantitative estimate of drug-likeness (QED) is 0.888. The molecule has 0 spiro atoms. The van der Waals surface area contributed by atoms with E-state index in [1.54, 1.807) is 0 Å². The molecule has 112 valence electrons. The first-order valence-electron chi connectivity index (χ1n) is 7.42. The minimum absolute atomic E-state index is 0.145. The molecule has 1 aromatic carbocycles. The van der Waals surface area contributed by atoms with Crippen molar-refractivity contribution in [1.82, 2.24) is 5.32 Å². The van der Waals surface area contributed by atoms with Gasteiger partial charge in [-0.2, -0.15) is 0 Å². The lowest BCUT2D eigenvalue weighted by Crippen LogP contribution is -2.47. The van der Waals surface area contributed by atoms with Crippen LogP contribution in [0.5, 0.6) is 0 Å². The minimum Gasteiger partial charge on any atom is -0.378 e. The Bertz CT molecular complexity index is 455. The summed E-state index contributed by atoms with van der Waals surface area (Å²) < 4.78 is 7.04. The van der Waals surface area contributed by atoms with Gasteiger partial charge in [0.2, 0.25) is 0 Å². The van der Waals surface area contributed by atoms with Crippen LogP contribution in [0.2, 0.25) is 0 Å². The number of nitrogens with one attached hydrogen (secondary N) is 1. The number of hydrogen-bond donors (Lipinski definition) is 1. The number of halogens is 1. The summed E-state index contributed by atoms with van der Waals surface area (Å²) >= 11 is 3.57. The Balaban J connectivity index is 2.15. The van der Waals surface area contributed by atoms with Crippen molar-refractivity contribution in [1.29, 1.82) is 0 Å². The van der Waals surface area contributed by atoms with Crippen molar-refractivity contribution in [3.63, 3.8) is 0 Å². The van der Waals surface area contributed by atoms with E-state index < -0.39 is 0 Å². The summed E-state index contributed by atoms with van der Waals surface area (Å²) in [7, 11) is 0. The molecule has 20 heavy (non-hydrogen) atoms. The molecule has 3 heteroatoms. The van der Waals surface area contributed by atoms with Crippen molar-refractivity contribution in [3.8, 4) is 0 Å². The zero-order valence-corrected chi connectivity index (χ0v) is 14.6. The van der Waals surface area contributed by atoms with E-state index in [1.165, 1.54) is 5.56 Å². The maximum atomic E-state index is 5.88. The second-order valence-electron chi connectivity index (χ2n) is 7.04. The predicted octanol–water partition coefficient (Wildman–Crippen LogP) is 4.17. The fourth-order valence-corrected chi connectivity index (χ4v) is 3.29. The molecular formula is C17H26BrNO. The second kappa shape index (κ2) is 6.17. The van der Waals surface area contributed by atoms with E-state index >= 15 is 0 Å². The van der Waals surface area contributed by atoms with Gasteiger partial charge in [0, 0.05) is 28.6 Å². The Morgan fingerprint density at radius 1 is 1.40 bits per heavy atom. The van der Waals surface area contributed by atoms with Gasteiger partial charge < -0.3 is 10.1 Å². The van der Waals surface area contributed by atoms with Crippen LogP contribution in [0, 0.1) is 5.41 Å². The van der Waals surface area contributed by atoms with Crippen molar-refractivity contribution < 1.29 is 4.74 Å². The summed E-state index contributed by atoms with van der Waals surface area (Å²) in [6.07, 6.45) is 2.50. The third-order valence-corrected chi connectivity index (χ3v) is 4.74. The molecule has 0 saturated carbocycles. The van der Waals surface area contributed by atoms with Crippen LogP contribution in [0.25, 0.3) is 0 Å². The van der Waals surface area contributed by atoms with E-state index in [2.05, 4.69) is 73.2 Å². The monoisotopic (exact) mass is 339 g/mol. The Morgan fingerprint density at radius 2 is 2.15 bits per heavy atom. The molecule has 1 heterocycles. The minimum atomic E-state index is 0.145. The van der Waals surface area contributed by atoms with Crippen LogP contribution in [-0.2, 0) is 11.2 Å². The third-order valence-electron chi connectivity index (χ3n) is 4.25. The molecule has 1 aromatic rings. The number of benzene rings is 1. The van der Waals surface area contributed by atoms with Gasteiger partial charge >= 0.3 is 0 Å². The fourth-order valence-electron chi connectivity index (χ4n) is 2.84. The lowest BCUT2D eigenvalue weighted by molar-refractivity contribution is 0.0598. The van der Waals surface area contributed by atoms with Crippen LogP contribution in [-0.4, -0.2) is 24.8 Å². The fraction of sp³-hybridized carbons (Fsp3) is 0.647. The molecule has 0 bridgehead atoms. The summed E-state index contributed by atoms with van der Waals surface area (Å²) in [6, 6.07) is 8.64. The van der Waals surface area contributed by atoms with E-state index in [0.29, 0.717) is 6.10 Å². The maximum absolute atomic E-state index is 5.88. The Labute approximate surface area is 131 Å². The van der Waals surface area contributed by atoms with Crippen molar-refractivity contribution >= 4 is 15.9 Å². The summed E-state index contributed by atoms with van der Waals surface area (Å²) in [4.78, 5) is 0. The molecule has 2 rings (SSSR count). The molecular weight excluding hydrogens is 314 g/mol. The maximum Gasteiger partial charge on any atom is 0.0619 e. The normalized spacial score (nSPS) is 26.9. The molecule has 1 saturated heterocycles. The molecule has 2 nitrogen and oxygen atoms in total. The highest BCUT2D eigenvalue weighted by Crippen LogP contribution is 2.38. The lowest BCUT2D eigenvalue weighted by atomic mass is 9.75. The van der Waals surface area contributed by atoms with Gasteiger partial charge in [-0.15, -0.1) is 0 Å². The molecule has 2 unspecified atom stereocenters. The van der Waals surface area contributed by atoms with Crippen LogP contribution in [0.4, 0.5) is 0 Å². The van der Waals surface area contributed by atoms with Crippen molar-refractivity contribution in [2.45, 2.75) is 52.2 Å². The Kier molecular flexibility index (Phi) is 4.93. The molecule has 0 aromatic heterocycles. The topological polar surface area (TPSA) is 21.3 Å². The summed E-state index contributed by atoms with van der Waals surface area (Å²) in [6.45, 7) is 10.8. The smallest absolute Gasteiger partial charge is 0.0619 e.